The molecular weight excluding hydrogens is 468 g/mol. The topological polar surface area (TPSA) is 40.6 Å². The first-order valence-corrected chi connectivity index (χ1v) is 10.5. The van der Waals surface area contributed by atoms with Crippen molar-refractivity contribution in [1.82, 2.24) is 9.80 Å². The van der Waals surface area contributed by atoms with Crippen LogP contribution in [0.1, 0.15) is 32.5 Å². The molecule has 2 amide bonds. The predicted octanol–water partition coefficient (Wildman–Crippen LogP) is 4.43. The Morgan fingerprint density at radius 1 is 1.00 bits per heavy atom. The molecule has 0 saturated carbocycles. The molecule has 0 atom stereocenters. The highest BCUT2D eigenvalue weighted by atomic mass is 79.9. The minimum Gasteiger partial charge on any atom is -0.335 e. The normalized spacial score (nSPS) is 14.7. The summed E-state index contributed by atoms with van der Waals surface area (Å²) in [7, 11) is 0. The third-order valence-electron chi connectivity index (χ3n) is 4.32. The van der Waals surface area contributed by atoms with Gasteiger partial charge < -0.3 is 9.80 Å². The number of rotatable bonds is 3. The number of benzene rings is 1. The Kier molecular flexibility index (Phi) is 5.96. The van der Waals surface area contributed by atoms with Gasteiger partial charge >= 0.3 is 0 Å². The molecule has 1 aromatic heterocycles. The van der Waals surface area contributed by atoms with Crippen LogP contribution in [-0.2, 0) is 6.42 Å². The van der Waals surface area contributed by atoms with Gasteiger partial charge in [-0.15, -0.1) is 11.3 Å². The van der Waals surface area contributed by atoms with E-state index in [0.29, 0.717) is 36.6 Å². The molecule has 3 rings (SSSR count). The van der Waals surface area contributed by atoms with Crippen molar-refractivity contribution in [3.63, 3.8) is 0 Å². The summed E-state index contributed by atoms with van der Waals surface area (Å²) in [5.74, 6) is 0.0622. The van der Waals surface area contributed by atoms with Crippen LogP contribution in [-0.4, -0.2) is 47.8 Å². The SMILES string of the molecule is CCc1ccc(C(=O)N2CCN(C(=O)c3cc(Br)c(Br)s3)CC2)cc1. The molecule has 1 aromatic carbocycles. The molecule has 0 spiro atoms. The summed E-state index contributed by atoms with van der Waals surface area (Å²) in [6.07, 6.45) is 0.963. The first-order chi connectivity index (χ1) is 12.0. The van der Waals surface area contributed by atoms with E-state index in [4.69, 9.17) is 0 Å². The fourth-order valence-electron chi connectivity index (χ4n) is 2.79. The number of carbonyl (C=O) groups is 2. The molecule has 132 valence electrons. The standard InChI is InChI=1S/C18H18Br2N2O2S/c1-2-12-3-5-13(6-4-12)17(23)21-7-9-22(10-8-21)18(24)15-11-14(19)16(20)25-15/h3-6,11H,2,7-10H2,1H3. The largest absolute Gasteiger partial charge is 0.335 e. The van der Waals surface area contributed by atoms with E-state index < -0.39 is 0 Å². The van der Waals surface area contributed by atoms with E-state index in [0.717, 1.165) is 14.7 Å². The number of halogens is 2. The molecule has 25 heavy (non-hydrogen) atoms. The fourth-order valence-corrected chi connectivity index (χ4v) is 4.79. The van der Waals surface area contributed by atoms with Crippen molar-refractivity contribution < 1.29 is 9.59 Å². The van der Waals surface area contributed by atoms with Gasteiger partial charge in [-0.25, -0.2) is 0 Å². The van der Waals surface area contributed by atoms with Gasteiger partial charge in [-0.3, -0.25) is 9.59 Å². The second kappa shape index (κ2) is 8.01. The van der Waals surface area contributed by atoms with Crippen molar-refractivity contribution in [2.45, 2.75) is 13.3 Å². The van der Waals surface area contributed by atoms with Crippen LogP contribution in [0.4, 0.5) is 0 Å². The lowest BCUT2D eigenvalue weighted by atomic mass is 10.1. The molecular formula is C18H18Br2N2O2S. The van der Waals surface area contributed by atoms with Gasteiger partial charge in [0.1, 0.15) is 0 Å². The molecule has 1 saturated heterocycles. The van der Waals surface area contributed by atoms with Gasteiger partial charge in [-0.1, -0.05) is 19.1 Å². The van der Waals surface area contributed by atoms with Crippen molar-refractivity contribution in [3.05, 3.63) is 54.6 Å². The Bertz CT molecular complexity index is 761. The number of amides is 2. The number of hydrogen-bond acceptors (Lipinski definition) is 3. The zero-order chi connectivity index (χ0) is 18.0. The average molecular weight is 486 g/mol. The van der Waals surface area contributed by atoms with Gasteiger partial charge in [-0.05, 0) is 62.0 Å². The quantitative estimate of drug-likeness (QED) is 0.645. The number of carbonyl (C=O) groups excluding carboxylic acids is 2. The Hall–Kier alpha value is -1.18. The second-order valence-electron chi connectivity index (χ2n) is 5.87. The molecule has 1 aliphatic heterocycles. The maximum Gasteiger partial charge on any atom is 0.264 e. The Morgan fingerprint density at radius 2 is 1.56 bits per heavy atom. The molecule has 0 unspecified atom stereocenters. The summed E-state index contributed by atoms with van der Waals surface area (Å²) in [6, 6.07) is 9.61. The molecule has 4 nitrogen and oxygen atoms in total. The van der Waals surface area contributed by atoms with Gasteiger partial charge in [0.25, 0.3) is 11.8 Å². The van der Waals surface area contributed by atoms with Crippen molar-refractivity contribution >= 4 is 55.0 Å². The molecule has 0 bridgehead atoms. The van der Waals surface area contributed by atoms with Crippen LogP contribution >= 0.6 is 43.2 Å². The van der Waals surface area contributed by atoms with Gasteiger partial charge in [-0.2, -0.15) is 0 Å². The van der Waals surface area contributed by atoms with Gasteiger partial charge in [0, 0.05) is 36.2 Å². The van der Waals surface area contributed by atoms with Gasteiger partial charge in [0.15, 0.2) is 0 Å². The number of piperazine rings is 1. The summed E-state index contributed by atoms with van der Waals surface area (Å²) in [4.78, 5) is 29.5. The number of thiophene rings is 1. The van der Waals surface area contributed by atoms with Crippen LogP contribution in [0, 0.1) is 0 Å². The summed E-state index contributed by atoms with van der Waals surface area (Å²) in [5.41, 5.74) is 1.93. The average Bonchev–Trinajstić information content (AvgIpc) is 2.99. The van der Waals surface area contributed by atoms with Crippen LogP contribution in [0.2, 0.25) is 0 Å². The van der Waals surface area contributed by atoms with Gasteiger partial charge in [0.05, 0.1) is 8.66 Å². The minimum absolute atomic E-state index is 0.0239. The molecule has 2 aromatic rings. The van der Waals surface area contributed by atoms with Crippen molar-refractivity contribution in [1.29, 1.82) is 0 Å². The summed E-state index contributed by atoms with van der Waals surface area (Å²) >= 11 is 8.26. The molecule has 7 heteroatoms. The smallest absolute Gasteiger partial charge is 0.264 e. The summed E-state index contributed by atoms with van der Waals surface area (Å²) in [6.45, 7) is 4.34. The van der Waals surface area contributed by atoms with Gasteiger partial charge in [0.2, 0.25) is 0 Å². The van der Waals surface area contributed by atoms with Crippen LogP contribution < -0.4 is 0 Å². The molecule has 2 heterocycles. The van der Waals surface area contributed by atoms with E-state index in [1.807, 2.05) is 40.1 Å². The first kappa shape index (κ1) is 18.6. The predicted molar refractivity (Wildman–Crippen MR) is 107 cm³/mol. The van der Waals surface area contributed by atoms with E-state index >= 15 is 0 Å². The fraction of sp³-hybridized carbons (Fsp3) is 0.333. The lowest BCUT2D eigenvalue weighted by Gasteiger charge is -2.34. The molecule has 1 aliphatic rings. The van der Waals surface area contributed by atoms with Crippen LogP contribution in [0.15, 0.2) is 38.6 Å². The third kappa shape index (κ3) is 4.15. The number of hydrogen-bond donors (Lipinski definition) is 0. The summed E-state index contributed by atoms with van der Waals surface area (Å²) in [5, 5.41) is 0. The maximum atomic E-state index is 12.6. The van der Waals surface area contributed by atoms with Crippen molar-refractivity contribution in [2.75, 3.05) is 26.2 Å². The Morgan fingerprint density at radius 3 is 2.04 bits per heavy atom. The van der Waals surface area contributed by atoms with Crippen molar-refractivity contribution in [2.24, 2.45) is 0 Å². The zero-order valence-electron chi connectivity index (χ0n) is 13.8. The lowest BCUT2D eigenvalue weighted by Crippen LogP contribution is -2.50. The van der Waals surface area contributed by atoms with Crippen LogP contribution in [0.5, 0.6) is 0 Å². The highest BCUT2D eigenvalue weighted by molar-refractivity contribution is 9.13. The van der Waals surface area contributed by atoms with Crippen molar-refractivity contribution in [3.8, 4) is 0 Å². The zero-order valence-corrected chi connectivity index (χ0v) is 17.8. The first-order valence-electron chi connectivity index (χ1n) is 8.12. The number of aryl methyl sites for hydroxylation is 1. The lowest BCUT2D eigenvalue weighted by molar-refractivity contribution is 0.0538. The minimum atomic E-state index is 0.0239. The van der Waals surface area contributed by atoms with E-state index in [9.17, 15) is 9.59 Å². The van der Waals surface area contributed by atoms with E-state index in [-0.39, 0.29) is 11.8 Å². The second-order valence-corrected chi connectivity index (χ2v) is 9.09. The Balaban J connectivity index is 1.60. The third-order valence-corrected chi connectivity index (χ3v) is 7.56. The van der Waals surface area contributed by atoms with E-state index in [1.54, 1.807) is 0 Å². The maximum absolute atomic E-state index is 12.6. The highest BCUT2D eigenvalue weighted by Gasteiger charge is 2.26. The van der Waals surface area contributed by atoms with E-state index in [2.05, 4.69) is 38.8 Å². The van der Waals surface area contributed by atoms with E-state index in [1.165, 1.54) is 16.9 Å². The van der Waals surface area contributed by atoms with Crippen LogP contribution in [0.25, 0.3) is 0 Å². The molecule has 0 radical (unpaired) electrons. The number of nitrogens with zero attached hydrogens (tertiary/aromatic N) is 2. The monoisotopic (exact) mass is 484 g/mol. The molecule has 0 aliphatic carbocycles. The molecule has 0 N–H and O–H groups in total. The van der Waals surface area contributed by atoms with Crippen LogP contribution in [0.3, 0.4) is 0 Å². The summed E-state index contributed by atoms with van der Waals surface area (Å²) < 4.78 is 1.81. The highest BCUT2D eigenvalue weighted by Crippen LogP contribution is 2.33. The Labute approximate surface area is 168 Å². The molecule has 1 fully saturated rings.